The van der Waals surface area contributed by atoms with Crippen LogP contribution >= 0.6 is 23.6 Å². The zero-order valence-corrected chi connectivity index (χ0v) is 7.41. The highest BCUT2D eigenvalue weighted by atomic mass is 32.1. The Morgan fingerprint density at radius 2 is 2.55 bits per heavy atom. The molecular weight excluding hydrogens is 182 g/mol. The first-order valence-electron chi connectivity index (χ1n) is 3.09. The number of hydrogen-bond donors (Lipinski definition) is 3. The Morgan fingerprint density at radius 3 is 3.00 bits per heavy atom. The van der Waals surface area contributed by atoms with E-state index >= 15 is 0 Å². The standard InChI is InChI=1S/C5H9N3OS2/c6-1-2-7-8-4(9)3-11-5(8)10/h3,7,9H,1-2,6H2. The topological polar surface area (TPSA) is 63.2 Å². The maximum Gasteiger partial charge on any atom is 0.222 e. The van der Waals surface area contributed by atoms with Crippen LogP contribution in [0.4, 0.5) is 0 Å². The number of aromatic hydroxyl groups is 1. The van der Waals surface area contributed by atoms with E-state index in [1.807, 2.05) is 0 Å². The van der Waals surface area contributed by atoms with Gasteiger partial charge < -0.3 is 16.3 Å². The Morgan fingerprint density at radius 1 is 1.82 bits per heavy atom. The van der Waals surface area contributed by atoms with Crippen LogP contribution in [-0.2, 0) is 0 Å². The van der Waals surface area contributed by atoms with Crippen molar-refractivity contribution in [2.45, 2.75) is 0 Å². The molecule has 1 rings (SSSR count). The molecule has 0 saturated carbocycles. The molecule has 1 aromatic rings. The first-order chi connectivity index (χ1) is 5.25. The lowest BCUT2D eigenvalue weighted by molar-refractivity contribution is 0.431. The van der Waals surface area contributed by atoms with E-state index in [0.717, 1.165) is 0 Å². The van der Waals surface area contributed by atoms with E-state index in [1.54, 1.807) is 5.38 Å². The number of thiazole rings is 1. The summed E-state index contributed by atoms with van der Waals surface area (Å²) in [6, 6.07) is 0. The molecule has 0 radical (unpaired) electrons. The summed E-state index contributed by atoms with van der Waals surface area (Å²) in [5.41, 5.74) is 8.12. The lowest BCUT2D eigenvalue weighted by Gasteiger charge is -2.05. The summed E-state index contributed by atoms with van der Waals surface area (Å²) in [5.74, 6) is 0.133. The third-order valence-corrected chi connectivity index (χ3v) is 2.28. The van der Waals surface area contributed by atoms with Crippen LogP contribution in [0.15, 0.2) is 5.38 Å². The highest BCUT2D eigenvalue weighted by Gasteiger charge is 1.98. The van der Waals surface area contributed by atoms with Crippen molar-refractivity contribution in [2.24, 2.45) is 5.73 Å². The van der Waals surface area contributed by atoms with E-state index in [1.165, 1.54) is 16.0 Å². The van der Waals surface area contributed by atoms with Gasteiger partial charge in [0.15, 0.2) is 3.95 Å². The predicted octanol–water partition coefficient (Wildman–Crippen LogP) is 0.487. The Hall–Kier alpha value is -0.590. The molecule has 1 aromatic heterocycles. The third-order valence-electron chi connectivity index (χ3n) is 1.09. The molecule has 1 heterocycles. The highest BCUT2D eigenvalue weighted by molar-refractivity contribution is 7.73. The highest BCUT2D eigenvalue weighted by Crippen LogP contribution is 2.14. The molecule has 0 fully saturated rings. The van der Waals surface area contributed by atoms with Crippen molar-refractivity contribution < 1.29 is 5.11 Å². The summed E-state index contributed by atoms with van der Waals surface area (Å²) in [6.45, 7) is 1.11. The quantitative estimate of drug-likeness (QED) is 0.608. The van der Waals surface area contributed by atoms with Gasteiger partial charge in [-0.3, -0.25) is 0 Å². The number of aromatic nitrogens is 1. The summed E-state index contributed by atoms with van der Waals surface area (Å²) in [7, 11) is 0. The fraction of sp³-hybridized carbons (Fsp3) is 0.400. The Labute approximate surface area is 73.2 Å². The van der Waals surface area contributed by atoms with Gasteiger partial charge in [-0.25, -0.2) is 4.68 Å². The molecule has 0 spiro atoms. The lowest BCUT2D eigenvalue weighted by Crippen LogP contribution is -2.21. The summed E-state index contributed by atoms with van der Waals surface area (Å²) >= 11 is 6.21. The second kappa shape index (κ2) is 3.70. The number of hydrogen-bond acceptors (Lipinski definition) is 5. The van der Waals surface area contributed by atoms with Gasteiger partial charge in [0, 0.05) is 13.1 Å². The molecule has 0 atom stereocenters. The molecule has 0 aromatic carbocycles. The van der Waals surface area contributed by atoms with Gasteiger partial charge in [-0.15, -0.1) is 11.3 Å². The Bertz CT molecular complexity index is 280. The number of rotatable bonds is 3. The summed E-state index contributed by atoms with van der Waals surface area (Å²) in [6.07, 6.45) is 0. The van der Waals surface area contributed by atoms with Crippen LogP contribution in [0.1, 0.15) is 0 Å². The van der Waals surface area contributed by atoms with Crippen LogP contribution in [0.5, 0.6) is 5.88 Å². The lowest BCUT2D eigenvalue weighted by atomic mass is 10.7. The number of nitrogens with one attached hydrogen (secondary N) is 1. The molecule has 0 aliphatic carbocycles. The molecule has 0 aliphatic rings. The third kappa shape index (κ3) is 1.92. The van der Waals surface area contributed by atoms with E-state index < -0.39 is 0 Å². The SMILES string of the molecule is NCCNn1c(O)csc1=S. The van der Waals surface area contributed by atoms with E-state index in [9.17, 15) is 0 Å². The predicted molar refractivity (Wildman–Crippen MR) is 48.1 cm³/mol. The van der Waals surface area contributed by atoms with Crippen LogP contribution in [0, 0.1) is 3.95 Å². The van der Waals surface area contributed by atoms with Gasteiger partial charge in [-0.1, -0.05) is 0 Å². The first kappa shape index (κ1) is 8.51. The minimum Gasteiger partial charge on any atom is -0.493 e. The van der Waals surface area contributed by atoms with Crippen molar-refractivity contribution in [2.75, 3.05) is 18.5 Å². The van der Waals surface area contributed by atoms with Crippen molar-refractivity contribution in [1.82, 2.24) is 4.68 Å². The zero-order valence-electron chi connectivity index (χ0n) is 5.78. The van der Waals surface area contributed by atoms with Crippen molar-refractivity contribution in [3.8, 4) is 5.88 Å². The van der Waals surface area contributed by atoms with Crippen LogP contribution in [0.25, 0.3) is 0 Å². The average Bonchev–Trinajstić information content (AvgIpc) is 2.29. The Kier molecular flexibility index (Phi) is 2.86. The molecule has 6 heteroatoms. The van der Waals surface area contributed by atoms with Crippen LogP contribution < -0.4 is 11.2 Å². The van der Waals surface area contributed by atoms with Crippen LogP contribution in [0.2, 0.25) is 0 Å². The second-order valence-corrected chi connectivity index (χ2v) is 3.40. The van der Waals surface area contributed by atoms with Gasteiger partial charge in [0.05, 0.1) is 5.38 Å². The fourth-order valence-electron chi connectivity index (χ4n) is 0.624. The van der Waals surface area contributed by atoms with Crippen LogP contribution in [-0.4, -0.2) is 22.9 Å². The molecule has 0 saturated heterocycles. The normalized spacial score (nSPS) is 9.91. The molecule has 4 nitrogen and oxygen atoms in total. The van der Waals surface area contributed by atoms with Crippen LogP contribution in [0.3, 0.4) is 0 Å². The van der Waals surface area contributed by atoms with Crippen molar-refractivity contribution >= 4 is 23.6 Å². The maximum atomic E-state index is 9.16. The minimum absolute atomic E-state index is 0.133. The second-order valence-electron chi connectivity index (χ2n) is 1.89. The molecule has 0 aliphatic heterocycles. The first-order valence-corrected chi connectivity index (χ1v) is 4.38. The monoisotopic (exact) mass is 191 g/mol. The molecule has 4 N–H and O–H groups in total. The van der Waals surface area contributed by atoms with E-state index in [2.05, 4.69) is 5.43 Å². The van der Waals surface area contributed by atoms with Gasteiger partial charge in [-0.05, 0) is 12.2 Å². The molecule has 0 unspecified atom stereocenters. The molecule has 62 valence electrons. The minimum atomic E-state index is 0.133. The number of nitrogens with two attached hydrogens (primary N) is 1. The molecule has 0 amide bonds. The average molecular weight is 191 g/mol. The summed E-state index contributed by atoms with van der Waals surface area (Å²) in [4.78, 5) is 0. The van der Waals surface area contributed by atoms with Crippen molar-refractivity contribution in [3.05, 3.63) is 9.33 Å². The smallest absolute Gasteiger partial charge is 0.222 e. The van der Waals surface area contributed by atoms with E-state index in [4.69, 9.17) is 23.1 Å². The molecular formula is C5H9N3OS2. The maximum absolute atomic E-state index is 9.16. The van der Waals surface area contributed by atoms with Gasteiger partial charge >= 0.3 is 0 Å². The molecule has 0 bridgehead atoms. The van der Waals surface area contributed by atoms with Gasteiger partial charge in [0.2, 0.25) is 5.88 Å². The summed E-state index contributed by atoms with van der Waals surface area (Å²) in [5, 5.41) is 10.7. The van der Waals surface area contributed by atoms with Crippen molar-refractivity contribution in [1.29, 1.82) is 0 Å². The molecule has 11 heavy (non-hydrogen) atoms. The largest absolute Gasteiger partial charge is 0.493 e. The van der Waals surface area contributed by atoms with E-state index in [0.29, 0.717) is 17.0 Å². The summed E-state index contributed by atoms with van der Waals surface area (Å²) < 4.78 is 2.03. The fourth-order valence-corrected chi connectivity index (χ4v) is 1.50. The Balaban J connectivity index is 2.75. The number of nitrogens with zero attached hydrogens (tertiary/aromatic N) is 1. The van der Waals surface area contributed by atoms with Crippen molar-refractivity contribution in [3.63, 3.8) is 0 Å². The van der Waals surface area contributed by atoms with Gasteiger partial charge in [0.1, 0.15) is 0 Å². The zero-order chi connectivity index (χ0) is 8.27. The van der Waals surface area contributed by atoms with E-state index in [-0.39, 0.29) is 5.88 Å². The van der Waals surface area contributed by atoms with Gasteiger partial charge in [0.25, 0.3) is 0 Å². The van der Waals surface area contributed by atoms with Gasteiger partial charge in [-0.2, -0.15) is 0 Å².